The Kier molecular flexibility index (Phi) is 4.35. The second-order valence-corrected chi connectivity index (χ2v) is 6.39. The second-order valence-electron chi connectivity index (χ2n) is 6.39. The second kappa shape index (κ2) is 5.48. The highest BCUT2D eigenvalue weighted by atomic mass is 16.5. The minimum atomic E-state index is -0.747. The summed E-state index contributed by atoms with van der Waals surface area (Å²) in [5, 5.41) is 10.7. The maximum Gasteiger partial charge on any atom is 0.0907 e. The molecule has 1 spiro atoms. The smallest absolute Gasteiger partial charge is 0.0907 e. The van der Waals surface area contributed by atoms with E-state index in [-0.39, 0.29) is 11.7 Å². The van der Waals surface area contributed by atoms with E-state index in [9.17, 15) is 5.11 Å². The predicted octanol–water partition coefficient (Wildman–Crippen LogP) is 2.90. The monoisotopic (exact) mass is 256 g/mol. The molecule has 106 valence electrons. The zero-order valence-corrected chi connectivity index (χ0v) is 12.1. The lowest BCUT2D eigenvalue weighted by Gasteiger charge is -2.48. The van der Waals surface area contributed by atoms with Crippen molar-refractivity contribution in [2.24, 2.45) is 5.92 Å². The molecule has 1 saturated carbocycles. The summed E-state index contributed by atoms with van der Waals surface area (Å²) in [6.45, 7) is 4.67. The lowest BCUT2D eigenvalue weighted by molar-refractivity contribution is -0.178. The highest BCUT2D eigenvalue weighted by Gasteiger charge is 2.46. The first-order valence-corrected chi connectivity index (χ1v) is 7.39. The molecule has 2 rings (SSSR count). The molecule has 0 aromatic rings. The Labute approximate surface area is 111 Å². The van der Waals surface area contributed by atoms with Crippen LogP contribution in [-0.2, 0) is 9.47 Å². The zero-order valence-electron chi connectivity index (χ0n) is 12.1. The number of hydrogen-bond donors (Lipinski definition) is 1. The minimum absolute atomic E-state index is 0.0542. The van der Waals surface area contributed by atoms with Crippen molar-refractivity contribution >= 4 is 0 Å². The topological polar surface area (TPSA) is 38.7 Å². The molecule has 3 nitrogen and oxygen atoms in total. The van der Waals surface area contributed by atoms with Crippen molar-refractivity contribution in [1.29, 1.82) is 0 Å². The molecule has 2 fully saturated rings. The summed E-state index contributed by atoms with van der Waals surface area (Å²) in [7, 11) is 1.68. The van der Waals surface area contributed by atoms with Crippen LogP contribution >= 0.6 is 0 Å². The SMILES string of the molecule is COC(C)C(C)(O)C1CCOC2(CCCCC2)C1. The molecule has 2 aliphatic rings. The third kappa shape index (κ3) is 2.73. The van der Waals surface area contributed by atoms with Crippen molar-refractivity contribution < 1.29 is 14.6 Å². The average molecular weight is 256 g/mol. The Morgan fingerprint density at radius 1 is 1.33 bits per heavy atom. The number of rotatable bonds is 3. The quantitative estimate of drug-likeness (QED) is 0.844. The number of methoxy groups -OCH3 is 1. The summed E-state index contributed by atoms with van der Waals surface area (Å²) < 4.78 is 11.4. The Hall–Kier alpha value is -0.120. The van der Waals surface area contributed by atoms with E-state index in [1.54, 1.807) is 7.11 Å². The molecule has 0 amide bonds. The fraction of sp³-hybridized carbons (Fsp3) is 1.00. The summed E-state index contributed by atoms with van der Waals surface area (Å²) >= 11 is 0. The van der Waals surface area contributed by atoms with Gasteiger partial charge in [-0.1, -0.05) is 19.3 Å². The first-order valence-electron chi connectivity index (χ1n) is 7.39. The highest BCUT2D eigenvalue weighted by molar-refractivity contribution is 4.97. The van der Waals surface area contributed by atoms with Gasteiger partial charge in [-0.2, -0.15) is 0 Å². The number of aliphatic hydroxyl groups is 1. The molecule has 1 aliphatic heterocycles. The van der Waals surface area contributed by atoms with Gasteiger partial charge in [-0.3, -0.25) is 0 Å². The summed E-state index contributed by atoms with van der Waals surface area (Å²) in [6, 6.07) is 0. The van der Waals surface area contributed by atoms with Gasteiger partial charge in [-0.25, -0.2) is 0 Å². The normalized spacial score (nSPS) is 33.0. The van der Waals surface area contributed by atoms with Gasteiger partial charge in [0.2, 0.25) is 0 Å². The van der Waals surface area contributed by atoms with Crippen LogP contribution in [0.2, 0.25) is 0 Å². The van der Waals surface area contributed by atoms with Crippen LogP contribution in [0, 0.1) is 5.92 Å². The van der Waals surface area contributed by atoms with Gasteiger partial charge in [0.15, 0.2) is 0 Å². The molecular weight excluding hydrogens is 228 g/mol. The van der Waals surface area contributed by atoms with Crippen molar-refractivity contribution in [3.8, 4) is 0 Å². The Morgan fingerprint density at radius 2 is 2.00 bits per heavy atom. The van der Waals surface area contributed by atoms with E-state index in [4.69, 9.17) is 9.47 Å². The summed E-state index contributed by atoms with van der Waals surface area (Å²) in [5.74, 6) is 0.291. The maximum atomic E-state index is 10.7. The molecule has 0 aromatic heterocycles. The van der Waals surface area contributed by atoms with Gasteiger partial charge in [0, 0.05) is 13.7 Å². The molecule has 1 aliphatic carbocycles. The van der Waals surface area contributed by atoms with Gasteiger partial charge in [0.25, 0.3) is 0 Å². The number of hydrogen-bond acceptors (Lipinski definition) is 3. The van der Waals surface area contributed by atoms with Crippen LogP contribution in [0.1, 0.15) is 58.8 Å². The van der Waals surface area contributed by atoms with Crippen molar-refractivity contribution in [2.75, 3.05) is 13.7 Å². The van der Waals surface area contributed by atoms with Crippen LogP contribution in [0.25, 0.3) is 0 Å². The van der Waals surface area contributed by atoms with Gasteiger partial charge >= 0.3 is 0 Å². The van der Waals surface area contributed by atoms with Crippen LogP contribution in [0.4, 0.5) is 0 Å². The molecule has 3 atom stereocenters. The first-order chi connectivity index (χ1) is 8.50. The summed E-state index contributed by atoms with van der Waals surface area (Å²) in [4.78, 5) is 0. The van der Waals surface area contributed by atoms with Crippen molar-refractivity contribution in [1.82, 2.24) is 0 Å². The van der Waals surface area contributed by atoms with Crippen molar-refractivity contribution in [3.63, 3.8) is 0 Å². The maximum absolute atomic E-state index is 10.7. The molecule has 3 heteroatoms. The van der Waals surface area contributed by atoms with E-state index in [2.05, 4.69) is 0 Å². The molecule has 0 bridgehead atoms. The first kappa shape index (κ1) is 14.3. The Bertz CT molecular complexity index is 263. The van der Waals surface area contributed by atoms with E-state index < -0.39 is 5.60 Å². The third-order valence-electron chi connectivity index (χ3n) is 5.26. The van der Waals surface area contributed by atoms with Gasteiger partial charge in [0.1, 0.15) is 0 Å². The fourth-order valence-electron chi connectivity index (χ4n) is 3.64. The fourth-order valence-corrected chi connectivity index (χ4v) is 3.64. The van der Waals surface area contributed by atoms with Crippen LogP contribution < -0.4 is 0 Å². The Morgan fingerprint density at radius 3 is 2.61 bits per heavy atom. The van der Waals surface area contributed by atoms with Crippen molar-refractivity contribution in [2.45, 2.75) is 76.1 Å². The predicted molar refractivity (Wildman–Crippen MR) is 71.6 cm³/mol. The largest absolute Gasteiger partial charge is 0.387 e. The van der Waals surface area contributed by atoms with Gasteiger partial charge < -0.3 is 14.6 Å². The van der Waals surface area contributed by atoms with Crippen LogP contribution in [0.5, 0.6) is 0 Å². The zero-order chi connectivity index (χ0) is 13.2. The summed E-state index contributed by atoms with van der Waals surface area (Å²) in [5.41, 5.74) is -0.693. The molecule has 0 radical (unpaired) electrons. The highest BCUT2D eigenvalue weighted by Crippen LogP contribution is 2.44. The molecule has 3 unspecified atom stereocenters. The van der Waals surface area contributed by atoms with Gasteiger partial charge in [-0.15, -0.1) is 0 Å². The van der Waals surface area contributed by atoms with Crippen LogP contribution in [-0.4, -0.2) is 36.1 Å². The molecular formula is C15H28O3. The lowest BCUT2D eigenvalue weighted by atomic mass is 9.70. The lowest BCUT2D eigenvalue weighted by Crippen LogP contribution is -2.52. The molecule has 1 saturated heterocycles. The van der Waals surface area contributed by atoms with Crippen LogP contribution in [0.15, 0.2) is 0 Å². The molecule has 18 heavy (non-hydrogen) atoms. The number of ether oxygens (including phenoxy) is 2. The van der Waals surface area contributed by atoms with E-state index >= 15 is 0 Å². The van der Waals surface area contributed by atoms with Crippen molar-refractivity contribution in [3.05, 3.63) is 0 Å². The molecule has 1 heterocycles. The van der Waals surface area contributed by atoms with Gasteiger partial charge in [-0.05, 0) is 45.4 Å². The van der Waals surface area contributed by atoms with E-state index in [1.807, 2.05) is 13.8 Å². The van der Waals surface area contributed by atoms with E-state index in [1.165, 1.54) is 32.1 Å². The van der Waals surface area contributed by atoms with E-state index in [0.717, 1.165) is 19.4 Å². The third-order valence-corrected chi connectivity index (χ3v) is 5.26. The average Bonchev–Trinajstić information content (AvgIpc) is 2.38. The standard InChI is InChI=1S/C15H28O3/c1-12(17-3)14(2,16)13-7-10-18-15(11-13)8-5-4-6-9-15/h12-13,16H,4-11H2,1-3H3. The molecule has 1 N–H and O–H groups in total. The Balaban J connectivity index is 2.06. The molecule has 0 aromatic carbocycles. The van der Waals surface area contributed by atoms with E-state index in [0.29, 0.717) is 5.92 Å². The summed E-state index contributed by atoms with van der Waals surface area (Å²) in [6.07, 6.45) is 8.03. The van der Waals surface area contributed by atoms with Gasteiger partial charge in [0.05, 0.1) is 17.3 Å². The minimum Gasteiger partial charge on any atom is -0.387 e. The van der Waals surface area contributed by atoms with Crippen LogP contribution in [0.3, 0.4) is 0 Å².